The van der Waals surface area contributed by atoms with E-state index in [1.807, 2.05) is 0 Å². The van der Waals surface area contributed by atoms with Gasteiger partial charge in [-0.25, -0.2) is 8.42 Å². The van der Waals surface area contributed by atoms with Crippen molar-refractivity contribution in [3.8, 4) is 11.5 Å². The molecular weight excluding hydrogens is 416 g/mol. The van der Waals surface area contributed by atoms with Crippen LogP contribution in [0.25, 0.3) is 0 Å². The first-order valence-corrected chi connectivity index (χ1v) is 10.1. The molecule has 30 heavy (non-hydrogen) atoms. The number of methoxy groups -OCH3 is 3. The Morgan fingerprint density at radius 3 is 2.17 bits per heavy atom. The lowest BCUT2D eigenvalue weighted by Gasteiger charge is -2.22. The summed E-state index contributed by atoms with van der Waals surface area (Å²) in [5.74, 6) is 0.0894. The lowest BCUT2D eigenvalue weighted by molar-refractivity contribution is -0.385. The van der Waals surface area contributed by atoms with Crippen molar-refractivity contribution in [1.29, 1.82) is 0 Å². The first-order valence-electron chi connectivity index (χ1n) is 8.66. The van der Waals surface area contributed by atoms with Gasteiger partial charge < -0.3 is 14.2 Å². The molecule has 0 spiro atoms. The van der Waals surface area contributed by atoms with E-state index in [-0.39, 0.29) is 17.1 Å². The molecule has 2 aromatic carbocycles. The fraction of sp³-hybridized carbons (Fsp3) is 0.316. The van der Waals surface area contributed by atoms with E-state index in [0.717, 1.165) is 17.5 Å². The maximum atomic E-state index is 13.2. The monoisotopic (exact) mass is 438 g/mol. The Hall–Kier alpha value is -3.18. The van der Waals surface area contributed by atoms with Crippen LogP contribution in [-0.4, -0.2) is 51.5 Å². The van der Waals surface area contributed by atoms with Crippen molar-refractivity contribution in [2.24, 2.45) is 0 Å². The van der Waals surface area contributed by atoms with Crippen molar-refractivity contribution in [2.75, 3.05) is 27.9 Å². The van der Waals surface area contributed by atoms with E-state index >= 15 is 0 Å². The maximum absolute atomic E-state index is 13.2. The number of carbonyl (C=O) groups is 1. The van der Waals surface area contributed by atoms with Crippen LogP contribution in [0.2, 0.25) is 0 Å². The van der Waals surface area contributed by atoms with Crippen LogP contribution in [0.5, 0.6) is 11.5 Å². The van der Waals surface area contributed by atoms with E-state index < -0.39 is 27.5 Å². The standard InChI is InChI=1S/C19H22N2O8S/c1-13-5-6-17(10-18(13)21(23)24)30(25,26)20(12-19(22)29-4)11-14-7-15(27-2)9-16(8-14)28-3/h5-10H,11-12H2,1-4H3. The first kappa shape index (κ1) is 23.1. The Morgan fingerprint density at radius 2 is 1.67 bits per heavy atom. The predicted molar refractivity (Wildman–Crippen MR) is 107 cm³/mol. The van der Waals surface area contributed by atoms with Gasteiger partial charge in [-0.3, -0.25) is 14.9 Å². The molecule has 0 radical (unpaired) electrons. The van der Waals surface area contributed by atoms with Crippen molar-refractivity contribution >= 4 is 21.7 Å². The summed E-state index contributed by atoms with van der Waals surface area (Å²) < 4.78 is 42.3. The van der Waals surface area contributed by atoms with Crippen LogP contribution in [0.1, 0.15) is 11.1 Å². The Morgan fingerprint density at radius 1 is 1.07 bits per heavy atom. The van der Waals surface area contributed by atoms with Gasteiger partial charge in [0.2, 0.25) is 10.0 Å². The maximum Gasteiger partial charge on any atom is 0.321 e. The molecule has 11 heteroatoms. The van der Waals surface area contributed by atoms with Crippen LogP contribution in [0, 0.1) is 17.0 Å². The molecule has 0 N–H and O–H groups in total. The predicted octanol–water partition coefficient (Wildman–Crippen LogP) is 2.28. The third-order valence-electron chi connectivity index (χ3n) is 4.32. The largest absolute Gasteiger partial charge is 0.497 e. The zero-order valence-electron chi connectivity index (χ0n) is 16.9. The summed E-state index contributed by atoms with van der Waals surface area (Å²) >= 11 is 0. The topological polar surface area (TPSA) is 125 Å². The van der Waals surface area contributed by atoms with Crippen LogP contribution >= 0.6 is 0 Å². The summed E-state index contributed by atoms with van der Waals surface area (Å²) in [5, 5.41) is 11.2. The number of nitro groups is 1. The molecule has 0 bridgehead atoms. The first-order chi connectivity index (χ1) is 14.1. The third-order valence-corrected chi connectivity index (χ3v) is 6.11. The highest BCUT2D eigenvalue weighted by atomic mass is 32.2. The minimum absolute atomic E-state index is 0.216. The number of carbonyl (C=O) groups excluding carboxylic acids is 1. The number of aryl methyl sites for hydroxylation is 1. The van der Waals surface area contributed by atoms with Gasteiger partial charge in [-0.05, 0) is 30.7 Å². The summed E-state index contributed by atoms with van der Waals surface area (Å²) in [4.78, 5) is 22.1. The van der Waals surface area contributed by atoms with Gasteiger partial charge in [0, 0.05) is 24.2 Å². The number of hydrogen-bond donors (Lipinski definition) is 0. The number of esters is 1. The van der Waals surface area contributed by atoms with Gasteiger partial charge in [-0.15, -0.1) is 0 Å². The smallest absolute Gasteiger partial charge is 0.321 e. The number of nitro benzene ring substituents is 1. The van der Waals surface area contributed by atoms with Crippen LogP contribution in [0.15, 0.2) is 41.3 Å². The fourth-order valence-electron chi connectivity index (χ4n) is 2.69. The van der Waals surface area contributed by atoms with Gasteiger partial charge >= 0.3 is 5.97 Å². The number of nitrogens with zero attached hydrogens (tertiary/aromatic N) is 2. The molecule has 0 aliphatic heterocycles. The third kappa shape index (κ3) is 5.24. The summed E-state index contributed by atoms with van der Waals surface area (Å²) in [7, 11) is -0.230. The van der Waals surface area contributed by atoms with Crippen LogP contribution in [0.3, 0.4) is 0 Å². The van der Waals surface area contributed by atoms with Crippen molar-refractivity contribution in [2.45, 2.75) is 18.4 Å². The molecule has 2 aromatic rings. The minimum atomic E-state index is -4.27. The quantitative estimate of drug-likeness (QED) is 0.332. The lowest BCUT2D eigenvalue weighted by atomic mass is 10.2. The van der Waals surface area contributed by atoms with Gasteiger partial charge in [0.15, 0.2) is 0 Å². The normalized spacial score (nSPS) is 11.2. The summed E-state index contributed by atoms with van der Waals surface area (Å²) in [6.07, 6.45) is 0. The molecule has 0 aliphatic carbocycles. The second kappa shape index (κ2) is 9.55. The molecule has 0 unspecified atom stereocenters. The molecule has 2 rings (SSSR count). The minimum Gasteiger partial charge on any atom is -0.497 e. The van der Waals surface area contributed by atoms with Gasteiger partial charge in [-0.1, -0.05) is 6.07 Å². The molecule has 10 nitrogen and oxygen atoms in total. The summed E-state index contributed by atoms with van der Waals surface area (Å²) in [6.45, 7) is 0.704. The molecule has 0 saturated heterocycles. The van der Waals surface area contributed by atoms with Gasteiger partial charge in [0.25, 0.3) is 5.69 Å². The van der Waals surface area contributed by atoms with Crippen LogP contribution in [0.4, 0.5) is 5.69 Å². The zero-order chi connectivity index (χ0) is 22.5. The van der Waals surface area contributed by atoms with Gasteiger partial charge in [0.1, 0.15) is 18.0 Å². The zero-order valence-corrected chi connectivity index (χ0v) is 17.8. The van der Waals surface area contributed by atoms with Crippen molar-refractivity contribution in [3.05, 3.63) is 57.6 Å². The van der Waals surface area contributed by atoms with E-state index in [2.05, 4.69) is 4.74 Å². The second-order valence-corrected chi connectivity index (χ2v) is 8.21. The Bertz CT molecular complexity index is 1030. The molecule has 0 saturated carbocycles. The van der Waals surface area contributed by atoms with Crippen LogP contribution in [-0.2, 0) is 26.1 Å². The fourth-order valence-corrected chi connectivity index (χ4v) is 4.08. The number of ether oxygens (including phenoxy) is 3. The SMILES string of the molecule is COC(=O)CN(Cc1cc(OC)cc(OC)c1)S(=O)(=O)c1ccc(C)c([N+](=O)[O-])c1. The molecule has 162 valence electrons. The average molecular weight is 438 g/mol. The average Bonchev–Trinajstić information content (AvgIpc) is 2.72. The van der Waals surface area contributed by atoms with Gasteiger partial charge in [-0.2, -0.15) is 4.31 Å². The Balaban J connectivity index is 2.52. The Labute approximate surface area is 174 Å². The van der Waals surface area contributed by atoms with Crippen molar-refractivity contribution in [1.82, 2.24) is 4.31 Å². The van der Waals surface area contributed by atoms with E-state index in [9.17, 15) is 23.3 Å². The molecule has 0 heterocycles. The number of sulfonamides is 1. The van der Waals surface area contributed by atoms with Crippen molar-refractivity contribution < 1.29 is 32.3 Å². The summed E-state index contributed by atoms with van der Waals surface area (Å²) in [6, 6.07) is 8.39. The second-order valence-electron chi connectivity index (χ2n) is 6.28. The van der Waals surface area contributed by atoms with E-state index in [1.165, 1.54) is 33.3 Å². The van der Waals surface area contributed by atoms with E-state index in [1.54, 1.807) is 18.2 Å². The highest BCUT2D eigenvalue weighted by molar-refractivity contribution is 7.89. The molecular formula is C19H22N2O8S. The molecule has 0 atom stereocenters. The number of hydrogen-bond acceptors (Lipinski definition) is 8. The van der Waals surface area contributed by atoms with Gasteiger partial charge in [0.05, 0.1) is 31.1 Å². The molecule has 0 amide bonds. The Kier molecular flexibility index (Phi) is 7.35. The molecule has 0 fully saturated rings. The number of benzene rings is 2. The van der Waals surface area contributed by atoms with Crippen LogP contribution < -0.4 is 9.47 Å². The number of rotatable bonds is 9. The van der Waals surface area contributed by atoms with E-state index in [0.29, 0.717) is 22.6 Å². The van der Waals surface area contributed by atoms with E-state index in [4.69, 9.17) is 9.47 Å². The highest BCUT2D eigenvalue weighted by Crippen LogP contribution is 2.28. The molecule has 0 aliphatic rings. The van der Waals surface area contributed by atoms with Crippen molar-refractivity contribution in [3.63, 3.8) is 0 Å². The lowest BCUT2D eigenvalue weighted by Crippen LogP contribution is -2.35. The summed E-state index contributed by atoms with van der Waals surface area (Å²) in [5.41, 5.74) is 0.466. The highest BCUT2D eigenvalue weighted by Gasteiger charge is 2.29. The molecule has 0 aromatic heterocycles.